The summed E-state index contributed by atoms with van der Waals surface area (Å²) in [5, 5.41) is 17.8. The Hall–Kier alpha value is -2.92. The number of aromatic amines is 1. The molecule has 2 aromatic carbocycles. The van der Waals surface area contributed by atoms with Gasteiger partial charge in [-0.2, -0.15) is 26.3 Å². The molecule has 0 aliphatic rings. The van der Waals surface area contributed by atoms with Crippen LogP contribution in [0, 0.1) is 0 Å². The molecular formula is C21H20F6N2O3. The fourth-order valence-corrected chi connectivity index (χ4v) is 3.37. The van der Waals surface area contributed by atoms with Gasteiger partial charge in [0.1, 0.15) is 16.9 Å². The van der Waals surface area contributed by atoms with Crippen molar-refractivity contribution in [3.63, 3.8) is 0 Å². The zero-order chi connectivity index (χ0) is 23.7. The first-order chi connectivity index (χ1) is 14.9. The lowest BCUT2D eigenvalue weighted by molar-refractivity contribution is -0.145. The molecule has 0 amide bonds. The minimum Gasteiger partial charge on any atom is -0.456 e. The molecule has 0 aliphatic carbocycles. The average molecular weight is 462 g/mol. The van der Waals surface area contributed by atoms with Crippen LogP contribution in [0.15, 0.2) is 36.5 Å². The molecular weight excluding hydrogens is 442 g/mol. The van der Waals surface area contributed by atoms with E-state index in [0.29, 0.717) is 17.3 Å². The average Bonchev–Trinajstić information content (AvgIpc) is 3.08. The number of halogens is 6. The quantitative estimate of drug-likeness (QED) is 0.196. The van der Waals surface area contributed by atoms with Gasteiger partial charge in [0.25, 0.3) is 0 Å². The maximum absolute atomic E-state index is 13.6. The van der Waals surface area contributed by atoms with Gasteiger partial charge in [0.05, 0.1) is 5.69 Å². The number of alkyl halides is 6. The maximum atomic E-state index is 13.6. The van der Waals surface area contributed by atoms with E-state index in [1.54, 1.807) is 6.20 Å². The Morgan fingerprint density at radius 1 is 0.938 bits per heavy atom. The molecule has 5 nitrogen and oxygen atoms in total. The van der Waals surface area contributed by atoms with Crippen molar-refractivity contribution in [2.75, 3.05) is 5.23 Å². The molecule has 0 fully saturated rings. The van der Waals surface area contributed by atoms with E-state index in [9.17, 15) is 26.3 Å². The Morgan fingerprint density at radius 2 is 1.56 bits per heavy atom. The van der Waals surface area contributed by atoms with Crippen LogP contribution >= 0.6 is 0 Å². The first-order valence-electron chi connectivity index (χ1n) is 9.70. The summed E-state index contributed by atoms with van der Waals surface area (Å²) in [5.41, 5.74) is -3.17. The highest BCUT2D eigenvalue weighted by atomic mass is 19.4. The lowest BCUT2D eigenvalue weighted by Crippen LogP contribution is -2.18. The van der Waals surface area contributed by atoms with Crippen LogP contribution in [0.3, 0.4) is 0 Å². The van der Waals surface area contributed by atoms with E-state index < -0.39 is 40.1 Å². The molecule has 0 saturated carbocycles. The van der Waals surface area contributed by atoms with E-state index in [1.165, 1.54) is 18.2 Å². The normalized spacial score (nSPS) is 12.4. The largest absolute Gasteiger partial charge is 0.456 e. The van der Waals surface area contributed by atoms with Gasteiger partial charge >= 0.3 is 12.4 Å². The van der Waals surface area contributed by atoms with E-state index in [4.69, 9.17) is 15.2 Å². The minimum atomic E-state index is -5.26. The van der Waals surface area contributed by atoms with Crippen LogP contribution in [-0.4, -0.2) is 15.4 Å². The number of aryl methyl sites for hydroxylation is 1. The van der Waals surface area contributed by atoms with Crippen molar-refractivity contribution in [3.05, 3.63) is 53.2 Å². The summed E-state index contributed by atoms with van der Waals surface area (Å²) < 4.78 is 86.6. The van der Waals surface area contributed by atoms with Crippen molar-refractivity contribution >= 4 is 16.6 Å². The van der Waals surface area contributed by atoms with Gasteiger partial charge in [-0.1, -0.05) is 19.8 Å². The lowest BCUT2D eigenvalue weighted by Gasteiger charge is -2.21. The second kappa shape index (κ2) is 8.91. The maximum Gasteiger partial charge on any atom is 0.420 e. The van der Waals surface area contributed by atoms with Crippen molar-refractivity contribution in [2.45, 2.75) is 45.0 Å². The Labute approximate surface area is 178 Å². The highest BCUT2D eigenvalue weighted by molar-refractivity contribution is 5.84. The fraction of sp³-hybridized carbons (Fsp3) is 0.333. The summed E-state index contributed by atoms with van der Waals surface area (Å²) in [5.74, 6) is -1.69. The molecule has 1 heterocycles. The van der Waals surface area contributed by atoms with Gasteiger partial charge in [-0.15, -0.1) is 5.23 Å². The number of ether oxygens (including phenoxy) is 1. The number of aromatic nitrogens is 1. The second-order valence-corrected chi connectivity index (χ2v) is 7.24. The molecule has 0 bridgehead atoms. The number of H-pyrrole nitrogens is 1. The Morgan fingerprint density at radius 3 is 2.09 bits per heavy atom. The van der Waals surface area contributed by atoms with E-state index in [0.717, 1.165) is 24.8 Å². The number of benzene rings is 2. The third kappa shape index (κ3) is 5.10. The van der Waals surface area contributed by atoms with Crippen LogP contribution in [0.4, 0.5) is 32.0 Å². The molecule has 11 heteroatoms. The van der Waals surface area contributed by atoms with Gasteiger partial charge in [-0.05, 0) is 48.7 Å². The SMILES string of the molecule is CCCCCc1c[nH]c2ccc(Oc3c(C(F)(F)F)cc(N(O)O)cc3C(F)(F)F)cc12. The van der Waals surface area contributed by atoms with Gasteiger partial charge in [0, 0.05) is 17.1 Å². The Bertz CT molecular complexity index is 1050. The van der Waals surface area contributed by atoms with Crippen LogP contribution in [-0.2, 0) is 18.8 Å². The van der Waals surface area contributed by atoms with Crippen LogP contribution < -0.4 is 9.96 Å². The first kappa shape index (κ1) is 23.7. The van der Waals surface area contributed by atoms with Crippen LogP contribution in [0.2, 0.25) is 0 Å². The number of rotatable bonds is 7. The standard InChI is InChI=1S/C21H20F6N2O3/c1-2-3-4-5-12-11-28-18-7-6-14(10-15(12)18)32-19-16(20(22,23)24)8-13(29(30)31)9-17(19)21(25,26)27/h6-11,28,30-31H,2-5H2,1H3. The molecule has 0 unspecified atom stereocenters. The number of fused-ring (bicyclic) bond motifs is 1. The summed E-state index contributed by atoms with van der Waals surface area (Å²) in [6.45, 7) is 2.04. The van der Waals surface area contributed by atoms with Crippen LogP contribution in [0.5, 0.6) is 11.5 Å². The third-order valence-corrected chi connectivity index (χ3v) is 4.92. The topological polar surface area (TPSA) is 68.7 Å². The predicted octanol–water partition coefficient (Wildman–Crippen LogP) is 7.32. The number of hydrogen-bond acceptors (Lipinski definition) is 4. The molecule has 1 aromatic heterocycles. The monoisotopic (exact) mass is 462 g/mol. The van der Waals surface area contributed by atoms with E-state index in [2.05, 4.69) is 4.98 Å². The zero-order valence-corrected chi connectivity index (χ0v) is 16.8. The third-order valence-electron chi connectivity index (χ3n) is 4.92. The smallest absolute Gasteiger partial charge is 0.420 e. The van der Waals surface area contributed by atoms with Crippen molar-refractivity contribution in [1.29, 1.82) is 0 Å². The van der Waals surface area contributed by atoms with Crippen molar-refractivity contribution in [2.24, 2.45) is 0 Å². The van der Waals surface area contributed by atoms with Gasteiger partial charge in [0.15, 0.2) is 5.75 Å². The van der Waals surface area contributed by atoms with E-state index in [-0.39, 0.29) is 17.9 Å². The van der Waals surface area contributed by atoms with Gasteiger partial charge < -0.3 is 9.72 Å². The van der Waals surface area contributed by atoms with Crippen molar-refractivity contribution < 1.29 is 41.5 Å². The molecule has 0 saturated heterocycles. The Balaban J connectivity index is 2.11. The highest BCUT2D eigenvalue weighted by Gasteiger charge is 2.43. The fourth-order valence-electron chi connectivity index (χ4n) is 3.37. The zero-order valence-electron chi connectivity index (χ0n) is 16.8. The molecule has 3 aromatic rings. The minimum absolute atomic E-state index is 0.162. The molecule has 0 spiro atoms. The van der Waals surface area contributed by atoms with Crippen molar-refractivity contribution in [1.82, 2.24) is 4.98 Å². The first-order valence-corrected chi connectivity index (χ1v) is 9.70. The lowest BCUT2D eigenvalue weighted by atomic mass is 10.0. The predicted molar refractivity (Wildman–Crippen MR) is 104 cm³/mol. The number of anilines is 1. The molecule has 3 N–H and O–H groups in total. The summed E-state index contributed by atoms with van der Waals surface area (Å²) >= 11 is 0. The molecule has 0 aliphatic heterocycles. The highest BCUT2D eigenvalue weighted by Crippen LogP contribution is 2.48. The number of nitrogens with one attached hydrogen (secondary N) is 1. The summed E-state index contributed by atoms with van der Waals surface area (Å²) in [7, 11) is 0. The Kier molecular flexibility index (Phi) is 6.61. The summed E-state index contributed by atoms with van der Waals surface area (Å²) in [4.78, 5) is 3.02. The van der Waals surface area contributed by atoms with Gasteiger partial charge in [-0.3, -0.25) is 10.4 Å². The van der Waals surface area contributed by atoms with Gasteiger partial charge in [-0.25, -0.2) is 0 Å². The molecule has 0 radical (unpaired) electrons. The summed E-state index contributed by atoms with van der Waals surface area (Å²) in [6.07, 6.45) is -5.23. The van der Waals surface area contributed by atoms with E-state index >= 15 is 0 Å². The number of nitrogens with zero attached hydrogens (tertiary/aromatic N) is 1. The molecule has 174 valence electrons. The summed E-state index contributed by atoms with van der Waals surface area (Å²) in [6, 6.07) is 4.47. The second-order valence-electron chi connectivity index (χ2n) is 7.24. The van der Waals surface area contributed by atoms with Crippen LogP contribution in [0.25, 0.3) is 10.9 Å². The molecule has 3 rings (SSSR count). The van der Waals surface area contributed by atoms with Crippen molar-refractivity contribution in [3.8, 4) is 11.5 Å². The molecule has 32 heavy (non-hydrogen) atoms. The van der Waals surface area contributed by atoms with Crippen LogP contribution in [0.1, 0.15) is 42.9 Å². The molecule has 0 atom stereocenters. The number of unbranched alkanes of at least 4 members (excludes halogenated alkanes) is 2. The van der Waals surface area contributed by atoms with E-state index in [1.807, 2.05) is 6.92 Å². The number of hydrogen-bond donors (Lipinski definition) is 3. The van der Waals surface area contributed by atoms with Gasteiger partial charge in [0.2, 0.25) is 0 Å².